The average molecular weight is 428 g/mol. The van der Waals surface area contributed by atoms with Crippen molar-refractivity contribution in [2.24, 2.45) is 11.8 Å². The van der Waals surface area contributed by atoms with Crippen molar-refractivity contribution < 1.29 is 19.8 Å². The minimum Gasteiger partial charge on any atom is -0.392 e. The molecule has 31 heavy (non-hydrogen) atoms. The maximum absolute atomic E-state index is 12.3. The van der Waals surface area contributed by atoms with Crippen LogP contribution in [0.15, 0.2) is 42.8 Å². The summed E-state index contributed by atoms with van der Waals surface area (Å²) in [6.45, 7) is 0. The largest absolute Gasteiger partial charge is 0.392 e. The van der Waals surface area contributed by atoms with Crippen LogP contribution >= 0.6 is 0 Å². The molecule has 7 nitrogen and oxygen atoms in total. The van der Waals surface area contributed by atoms with Crippen LogP contribution in [0.5, 0.6) is 0 Å². The van der Waals surface area contributed by atoms with Crippen LogP contribution in [0.4, 0.5) is 0 Å². The second-order valence-electron chi connectivity index (χ2n) is 8.52. The Kier molecular flexibility index (Phi) is 8.91. The molecule has 2 fully saturated rings. The molecule has 0 spiro atoms. The lowest BCUT2D eigenvalue weighted by molar-refractivity contribution is -0.122. The summed E-state index contributed by atoms with van der Waals surface area (Å²) in [6.07, 6.45) is 15.5. The molecule has 1 aromatic heterocycles. The van der Waals surface area contributed by atoms with Gasteiger partial charge in [0.25, 0.3) is 0 Å². The minimum atomic E-state index is -0.710. The third kappa shape index (κ3) is 7.99. The zero-order valence-electron chi connectivity index (χ0n) is 17.9. The van der Waals surface area contributed by atoms with Gasteiger partial charge >= 0.3 is 0 Å². The lowest BCUT2D eigenvalue weighted by atomic mass is 9.90. The molecule has 2 aliphatic rings. The molecule has 2 saturated carbocycles. The van der Waals surface area contributed by atoms with E-state index in [1.165, 1.54) is 0 Å². The Morgan fingerprint density at radius 3 is 2.77 bits per heavy atom. The molecule has 1 amide bonds. The van der Waals surface area contributed by atoms with Gasteiger partial charge in [-0.1, -0.05) is 24.3 Å². The normalized spacial score (nSPS) is 24.8. The van der Waals surface area contributed by atoms with Crippen LogP contribution in [0, 0.1) is 11.8 Å². The Balaban J connectivity index is 1.40. The summed E-state index contributed by atoms with van der Waals surface area (Å²) in [6, 6.07) is 2.15. The number of amides is 1. The van der Waals surface area contributed by atoms with Gasteiger partial charge in [0.05, 0.1) is 12.2 Å². The number of carbonyl (C=O) groups excluding carboxylic acids is 2. The van der Waals surface area contributed by atoms with Crippen molar-refractivity contribution in [1.29, 1.82) is 0 Å². The number of Topliss-reactive ketones (excluding diaryl/α,β-unsaturated/α-hetero) is 1. The topological polar surface area (TPSA) is 112 Å². The molecule has 0 radical (unpaired) electrons. The number of aryl methyl sites for hydroxylation is 1. The highest BCUT2D eigenvalue weighted by Crippen LogP contribution is 2.33. The van der Waals surface area contributed by atoms with Crippen LogP contribution < -0.4 is 5.32 Å². The lowest BCUT2D eigenvalue weighted by Crippen LogP contribution is -2.24. The Labute approximate surface area is 183 Å². The zero-order valence-corrected chi connectivity index (χ0v) is 17.9. The van der Waals surface area contributed by atoms with Crippen LogP contribution in [0.3, 0.4) is 0 Å². The number of allylic oxidation sites excluding steroid dienone is 2. The summed E-state index contributed by atoms with van der Waals surface area (Å²) < 4.78 is 0. The Bertz CT molecular complexity index is 776. The number of aliphatic hydroxyl groups excluding tert-OH is 2. The van der Waals surface area contributed by atoms with Gasteiger partial charge in [-0.25, -0.2) is 9.97 Å². The highest BCUT2D eigenvalue weighted by atomic mass is 16.3. The molecule has 0 bridgehead atoms. The van der Waals surface area contributed by atoms with Crippen LogP contribution in [0.1, 0.15) is 57.2 Å². The van der Waals surface area contributed by atoms with Crippen molar-refractivity contribution in [2.45, 2.75) is 76.0 Å². The maximum Gasteiger partial charge on any atom is 0.220 e. The van der Waals surface area contributed by atoms with E-state index in [-0.39, 0.29) is 29.9 Å². The van der Waals surface area contributed by atoms with Gasteiger partial charge in [0.15, 0.2) is 0 Å². The van der Waals surface area contributed by atoms with Crippen molar-refractivity contribution in [3.63, 3.8) is 0 Å². The van der Waals surface area contributed by atoms with E-state index in [0.29, 0.717) is 37.5 Å². The number of nitrogens with zero attached hydrogens (tertiary/aromatic N) is 2. The molecule has 168 valence electrons. The molecule has 7 heteroatoms. The first-order valence-corrected chi connectivity index (χ1v) is 11.3. The molecule has 0 aromatic carbocycles. The summed E-state index contributed by atoms with van der Waals surface area (Å²) in [4.78, 5) is 32.3. The number of carbonyl (C=O) groups is 2. The molecule has 4 atom stereocenters. The third-order valence-electron chi connectivity index (χ3n) is 5.85. The van der Waals surface area contributed by atoms with E-state index in [0.717, 1.165) is 25.7 Å². The average Bonchev–Trinajstić information content (AvgIpc) is 3.52. The van der Waals surface area contributed by atoms with E-state index in [9.17, 15) is 19.8 Å². The molecular weight excluding hydrogens is 394 g/mol. The van der Waals surface area contributed by atoms with Crippen LogP contribution in [0.25, 0.3) is 0 Å². The van der Waals surface area contributed by atoms with Crippen LogP contribution in [0.2, 0.25) is 0 Å². The molecule has 1 heterocycles. The van der Waals surface area contributed by atoms with Crippen molar-refractivity contribution in [3.05, 3.63) is 48.6 Å². The van der Waals surface area contributed by atoms with Crippen LogP contribution in [-0.2, 0) is 16.0 Å². The van der Waals surface area contributed by atoms with E-state index in [1.807, 2.05) is 12.2 Å². The number of hydrogen-bond acceptors (Lipinski definition) is 6. The Morgan fingerprint density at radius 1 is 1.26 bits per heavy atom. The highest BCUT2D eigenvalue weighted by molar-refractivity contribution is 5.84. The third-order valence-corrected chi connectivity index (χ3v) is 5.85. The molecule has 3 N–H and O–H groups in total. The standard InChI is InChI=1S/C24H33N3O4/c28-18(11-13-23-25-14-5-15-26-23)10-12-20-19(21(29)16-22(20)30)6-3-1-2-4-7-24(31)27-17-8-9-17/h1,3,5,10,12,14-15,17-20,22,28,30H,2,4,6-9,11,13,16H2,(H,27,31)/b3-1-,12-10+/t18-,19-,20-,22-/m1/s1. The Morgan fingerprint density at radius 2 is 2.03 bits per heavy atom. The van der Waals surface area contributed by atoms with Gasteiger partial charge in [0.2, 0.25) is 5.91 Å². The van der Waals surface area contributed by atoms with E-state index in [4.69, 9.17) is 0 Å². The SMILES string of the molecule is O=C(CCC/C=C\C[C@H]1C(=O)C[C@@H](O)[C@@H]1/C=C/[C@@H](O)CCc1ncccn1)NC1CC1. The maximum atomic E-state index is 12.3. The van der Waals surface area contributed by atoms with Crippen molar-refractivity contribution in [1.82, 2.24) is 15.3 Å². The number of nitrogens with one attached hydrogen (secondary N) is 1. The van der Waals surface area contributed by atoms with Crippen molar-refractivity contribution >= 4 is 11.7 Å². The molecular formula is C24H33N3O4. The van der Waals surface area contributed by atoms with Gasteiger partial charge in [0, 0.05) is 49.5 Å². The van der Waals surface area contributed by atoms with E-state index in [2.05, 4.69) is 15.3 Å². The van der Waals surface area contributed by atoms with E-state index < -0.39 is 12.2 Å². The number of aromatic nitrogens is 2. The molecule has 0 saturated heterocycles. The van der Waals surface area contributed by atoms with E-state index in [1.54, 1.807) is 30.6 Å². The fourth-order valence-corrected chi connectivity index (χ4v) is 3.88. The molecule has 2 aliphatic carbocycles. The molecule has 0 unspecified atom stereocenters. The lowest BCUT2D eigenvalue weighted by Gasteiger charge is -2.16. The molecule has 1 aromatic rings. The zero-order chi connectivity index (χ0) is 22.1. The second kappa shape index (κ2) is 11.9. The number of ketones is 1. The summed E-state index contributed by atoms with van der Waals surface area (Å²) in [7, 11) is 0. The number of unbranched alkanes of at least 4 members (excludes halogenated alkanes) is 1. The smallest absolute Gasteiger partial charge is 0.220 e. The van der Waals surface area contributed by atoms with Crippen LogP contribution in [-0.4, -0.2) is 50.1 Å². The number of hydrogen-bond donors (Lipinski definition) is 3. The van der Waals surface area contributed by atoms with Gasteiger partial charge < -0.3 is 15.5 Å². The summed E-state index contributed by atoms with van der Waals surface area (Å²) >= 11 is 0. The second-order valence-corrected chi connectivity index (χ2v) is 8.52. The highest BCUT2D eigenvalue weighted by Gasteiger charge is 2.39. The fourth-order valence-electron chi connectivity index (χ4n) is 3.88. The van der Waals surface area contributed by atoms with Gasteiger partial charge in [-0.05, 0) is 44.6 Å². The predicted molar refractivity (Wildman–Crippen MR) is 117 cm³/mol. The van der Waals surface area contributed by atoms with Crippen molar-refractivity contribution in [3.8, 4) is 0 Å². The van der Waals surface area contributed by atoms with E-state index >= 15 is 0 Å². The number of rotatable bonds is 12. The minimum absolute atomic E-state index is 0.0581. The molecule has 3 rings (SSSR count). The first kappa shape index (κ1) is 23.3. The predicted octanol–water partition coefficient (Wildman–Crippen LogP) is 2.29. The van der Waals surface area contributed by atoms with Gasteiger partial charge in [-0.15, -0.1) is 0 Å². The summed E-state index contributed by atoms with van der Waals surface area (Å²) in [5.74, 6) is 0.295. The first-order chi connectivity index (χ1) is 15.0. The van der Waals surface area contributed by atoms with Crippen molar-refractivity contribution in [2.75, 3.05) is 0 Å². The number of aliphatic hydroxyl groups is 2. The summed E-state index contributed by atoms with van der Waals surface area (Å²) in [5.41, 5.74) is 0. The van der Waals surface area contributed by atoms with Gasteiger partial charge in [-0.2, -0.15) is 0 Å². The van der Waals surface area contributed by atoms with Gasteiger partial charge in [0.1, 0.15) is 11.6 Å². The van der Waals surface area contributed by atoms with Gasteiger partial charge in [-0.3, -0.25) is 9.59 Å². The first-order valence-electron chi connectivity index (χ1n) is 11.3. The Hall–Kier alpha value is -2.38. The quantitative estimate of drug-likeness (QED) is 0.348. The fraction of sp³-hybridized carbons (Fsp3) is 0.583. The molecule has 0 aliphatic heterocycles. The summed E-state index contributed by atoms with van der Waals surface area (Å²) in [5, 5.41) is 23.5. The monoisotopic (exact) mass is 427 g/mol.